The molecule has 4 heterocycles. The second-order valence-electron chi connectivity index (χ2n) is 7.01. The van der Waals surface area contributed by atoms with Gasteiger partial charge in [-0.2, -0.15) is 0 Å². The van der Waals surface area contributed by atoms with Crippen LogP contribution in [-0.4, -0.2) is 46.0 Å². The van der Waals surface area contributed by atoms with Gasteiger partial charge in [0.15, 0.2) is 5.16 Å². The summed E-state index contributed by atoms with van der Waals surface area (Å²) in [6.07, 6.45) is 2.04. The Labute approximate surface area is 185 Å². The maximum Gasteiger partial charge on any atom is 0.261 e. The summed E-state index contributed by atoms with van der Waals surface area (Å²) in [4.78, 5) is 29.7. The minimum absolute atomic E-state index is 0.119. The van der Waals surface area contributed by atoms with Gasteiger partial charge in [0.05, 0.1) is 5.75 Å². The number of hydrogen-bond acceptors (Lipinski definition) is 9. The molecule has 0 aromatic carbocycles. The third-order valence-electron chi connectivity index (χ3n) is 4.65. The Hall–Kier alpha value is -3.12. The van der Waals surface area contributed by atoms with Crippen LogP contribution in [0.15, 0.2) is 28.3 Å². The van der Waals surface area contributed by atoms with Crippen LogP contribution >= 0.6 is 23.1 Å². The van der Waals surface area contributed by atoms with Crippen LogP contribution in [0, 0.1) is 20.8 Å². The number of aryl methyl sites for hydroxylation is 3. The summed E-state index contributed by atoms with van der Waals surface area (Å²) in [5.74, 6) is 0.578. The number of fused-ring (bicyclic) bond motifs is 1. The van der Waals surface area contributed by atoms with Gasteiger partial charge in [-0.25, -0.2) is 4.98 Å². The van der Waals surface area contributed by atoms with Crippen LogP contribution in [0.5, 0.6) is 0 Å². The maximum atomic E-state index is 13.0. The van der Waals surface area contributed by atoms with Crippen LogP contribution in [0.25, 0.3) is 5.65 Å². The summed E-state index contributed by atoms with van der Waals surface area (Å²) in [5.41, 5.74) is 2.78. The molecular weight excluding hydrogens is 436 g/mol. The number of nitrogens with zero attached hydrogens (tertiary/aromatic N) is 7. The summed E-state index contributed by atoms with van der Waals surface area (Å²) >= 11 is 2.58. The minimum Gasteiger partial charge on any atom is -0.309 e. The Balaban J connectivity index is 1.49. The second-order valence-corrected chi connectivity index (χ2v) is 9.14. The Morgan fingerprint density at radius 3 is 2.74 bits per heavy atom. The number of hydrogen-bond donors (Lipinski definition) is 1. The van der Waals surface area contributed by atoms with E-state index < -0.39 is 0 Å². The van der Waals surface area contributed by atoms with Crippen molar-refractivity contribution >= 4 is 39.8 Å². The first kappa shape index (κ1) is 21.1. The minimum atomic E-state index is -0.200. The van der Waals surface area contributed by atoms with E-state index in [0.717, 1.165) is 10.6 Å². The molecular formula is C19H20N8O2S2. The molecule has 12 heteroatoms. The fraction of sp³-hybridized carbons (Fsp3) is 0.316. The van der Waals surface area contributed by atoms with Gasteiger partial charge in [-0.15, -0.1) is 20.4 Å². The smallest absolute Gasteiger partial charge is 0.261 e. The lowest BCUT2D eigenvalue weighted by molar-refractivity contribution is -0.113. The fourth-order valence-electron chi connectivity index (χ4n) is 3.01. The zero-order chi connectivity index (χ0) is 22.1. The van der Waals surface area contributed by atoms with Crippen LogP contribution in [0.3, 0.4) is 0 Å². The summed E-state index contributed by atoms with van der Waals surface area (Å²) in [6, 6.07) is 3.75. The molecule has 1 N–H and O–H groups in total. The first-order valence-corrected chi connectivity index (χ1v) is 11.2. The van der Waals surface area contributed by atoms with Gasteiger partial charge < -0.3 is 4.57 Å². The molecule has 0 saturated heterocycles. The van der Waals surface area contributed by atoms with Gasteiger partial charge in [0.2, 0.25) is 11.0 Å². The number of aromatic nitrogens is 7. The Morgan fingerprint density at radius 1 is 1.19 bits per heavy atom. The largest absolute Gasteiger partial charge is 0.309 e. The monoisotopic (exact) mass is 456 g/mol. The van der Waals surface area contributed by atoms with E-state index in [-0.39, 0.29) is 17.2 Å². The molecule has 0 fully saturated rings. The quantitative estimate of drug-likeness (QED) is 0.437. The lowest BCUT2D eigenvalue weighted by atomic mass is 10.1. The van der Waals surface area contributed by atoms with Crippen molar-refractivity contribution in [3.05, 3.63) is 56.3 Å². The predicted octanol–water partition coefficient (Wildman–Crippen LogP) is 1.92. The molecule has 0 atom stereocenters. The third-order valence-corrected chi connectivity index (χ3v) is 6.43. The summed E-state index contributed by atoms with van der Waals surface area (Å²) in [5, 5.41) is 20.7. The number of anilines is 1. The number of pyridine rings is 1. The first-order valence-electron chi connectivity index (χ1n) is 9.41. The highest BCUT2D eigenvalue weighted by atomic mass is 32.2. The molecule has 0 aliphatic heterocycles. The van der Waals surface area contributed by atoms with E-state index in [4.69, 9.17) is 0 Å². The molecule has 4 aromatic rings. The highest BCUT2D eigenvalue weighted by Gasteiger charge is 2.17. The summed E-state index contributed by atoms with van der Waals surface area (Å²) < 4.78 is 3.33. The van der Waals surface area contributed by atoms with Crippen molar-refractivity contribution in [2.45, 2.75) is 32.3 Å². The van der Waals surface area contributed by atoms with Crippen molar-refractivity contribution in [2.75, 3.05) is 11.1 Å². The third kappa shape index (κ3) is 4.49. The van der Waals surface area contributed by atoms with Crippen molar-refractivity contribution in [3.8, 4) is 0 Å². The molecule has 0 saturated carbocycles. The molecule has 160 valence electrons. The van der Waals surface area contributed by atoms with E-state index in [1.807, 2.05) is 40.0 Å². The molecule has 31 heavy (non-hydrogen) atoms. The molecule has 0 aliphatic rings. The molecule has 0 radical (unpaired) electrons. The van der Waals surface area contributed by atoms with Crippen LogP contribution in [0.2, 0.25) is 0 Å². The number of rotatable bonds is 6. The molecule has 0 unspecified atom stereocenters. The van der Waals surface area contributed by atoms with Gasteiger partial charge in [0, 0.05) is 30.9 Å². The lowest BCUT2D eigenvalue weighted by Gasteiger charge is -2.09. The average Bonchev–Trinajstić information content (AvgIpc) is 3.28. The van der Waals surface area contributed by atoms with Crippen LogP contribution in [0.1, 0.15) is 27.7 Å². The highest BCUT2D eigenvalue weighted by molar-refractivity contribution is 7.99. The lowest BCUT2D eigenvalue weighted by Crippen LogP contribution is -2.22. The molecule has 0 aliphatic carbocycles. The van der Waals surface area contributed by atoms with Crippen LogP contribution in [-0.2, 0) is 18.3 Å². The van der Waals surface area contributed by atoms with Crippen LogP contribution < -0.4 is 10.9 Å². The van der Waals surface area contributed by atoms with Gasteiger partial charge in [-0.05, 0) is 38.5 Å². The highest BCUT2D eigenvalue weighted by Crippen LogP contribution is 2.19. The van der Waals surface area contributed by atoms with E-state index in [1.54, 1.807) is 15.2 Å². The van der Waals surface area contributed by atoms with Crippen molar-refractivity contribution in [3.63, 3.8) is 0 Å². The SMILES string of the molecule is Cc1ccn2c(=O)c(Cc3nnc(SCC(=O)Nc4nnc(C)s4)n3C)c(C)nc2c1. The van der Waals surface area contributed by atoms with Gasteiger partial charge in [0.25, 0.3) is 5.56 Å². The molecule has 0 bridgehead atoms. The van der Waals surface area contributed by atoms with E-state index in [2.05, 4.69) is 30.7 Å². The van der Waals surface area contributed by atoms with E-state index in [9.17, 15) is 9.59 Å². The second kappa shape index (κ2) is 8.55. The molecule has 0 spiro atoms. The summed E-state index contributed by atoms with van der Waals surface area (Å²) in [7, 11) is 1.81. The van der Waals surface area contributed by atoms with Gasteiger partial charge >= 0.3 is 0 Å². The topological polar surface area (TPSA) is 120 Å². The Kier molecular flexibility index (Phi) is 5.83. The first-order chi connectivity index (χ1) is 14.8. The van der Waals surface area contributed by atoms with Gasteiger partial charge in [-0.3, -0.25) is 19.3 Å². The number of nitrogens with one attached hydrogen (secondary N) is 1. The number of thioether (sulfide) groups is 1. The van der Waals surface area contributed by atoms with Gasteiger partial charge in [0.1, 0.15) is 16.5 Å². The zero-order valence-corrected chi connectivity index (χ0v) is 19.0. The predicted molar refractivity (Wildman–Crippen MR) is 119 cm³/mol. The Morgan fingerprint density at radius 2 is 2.00 bits per heavy atom. The summed E-state index contributed by atoms with van der Waals surface area (Å²) in [6.45, 7) is 5.61. The van der Waals surface area contributed by atoms with E-state index >= 15 is 0 Å². The van der Waals surface area contributed by atoms with Crippen molar-refractivity contribution in [1.29, 1.82) is 0 Å². The Bertz CT molecular complexity index is 1340. The average molecular weight is 457 g/mol. The molecule has 10 nitrogen and oxygen atoms in total. The fourth-order valence-corrected chi connectivity index (χ4v) is 4.34. The normalized spacial score (nSPS) is 11.2. The van der Waals surface area contributed by atoms with Gasteiger partial charge in [-0.1, -0.05) is 23.1 Å². The van der Waals surface area contributed by atoms with E-state index in [1.165, 1.54) is 23.1 Å². The maximum absolute atomic E-state index is 13.0. The molecule has 4 rings (SSSR count). The zero-order valence-electron chi connectivity index (χ0n) is 17.4. The van der Waals surface area contributed by atoms with Crippen LogP contribution in [0.4, 0.5) is 5.13 Å². The van der Waals surface area contributed by atoms with Crippen molar-refractivity contribution < 1.29 is 4.79 Å². The number of amides is 1. The number of carbonyl (C=O) groups excluding carboxylic acids is 1. The standard InChI is InChI=1S/C19H20N8O2S2/c1-10-5-6-27-14(7-10)20-11(2)13(17(27)29)8-15-23-25-19(26(15)4)30-9-16(28)21-18-24-22-12(3)31-18/h5-7H,8-9H2,1-4H3,(H,21,24,28). The van der Waals surface area contributed by atoms with Crippen molar-refractivity contribution in [2.24, 2.45) is 7.05 Å². The van der Waals surface area contributed by atoms with Crippen molar-refractivity contribution in [1.82, 2.24) is 34.3 Å². The molecule has 1 amide bonds. The molecule has 4 aromatic heterocycles. The van der Waals surface area contributed by atoms with E-state index in [0.29, 0.717) is 39.4 Å². The number of carbonyl (C=O) groups is 1.